The Morgan fingerprint density at radius 1 is 0.893 bits per heavy atom. The van der Waals surface area contributed by atoms with Gasteiger partial charge in [0.1, 0.15) is 5.75 Å². The molecule has 28 heavy (non-hydrogen) atoms. The predicted octanol–water partition coefficient (Wildman–Crippen LogP) is 4.50. The topological polar surface area (TPSA) is 67.4 Å². The third-order valence-corrected chi connectivity index (χ3v) is 4.27. The summed E-state index contributed by atoms with van der Waals surface area (Å²) >= 11 is 0. The Hall–Kier alpha value is -3.60. The van der Waals surface area contributed by atoms with Crippen molar-refractivity contribution < 1.29 is 14.3 Å². The van der Waals surface area contributed by atoms with Crippen molar-refractivity contribution in [2.24, 2.45) is 0 Å². The molecule has 0 saturated heterocycles. The summed E-state index contributed by atoms with van der Waals surface area (Å²) in [5.74, 6) is 0.100. The van der Waals surface area contributed by atoms with E-state index in [-0.39, 0.29) is 11.8 Å². The Kier molecular flexibility index (Phi) is 6.07. The predicted molar refractivity (Wildman–Crippen MR) is 111 cm³/mol. The Balaban J connectivity index is 1.86. The number of carbonyl (C=O) groups excluding carboxylic acids is 2. The Labute approximate surface area is 164 Å². The monoisotopic (exact) mass is 374 g/mol. The van der Waals surface area contributed by atoms with E-state index in [1.54, 1.807) is 24.3 Å². The van der Waals surface area contributed by atoms with Crippen molar-refractivity contribution in [1.82, 2.24) is 0 Å². The number of ether oxygens (including phenoxy) is 1. The minimum atomic E-state index is -0.232. The van der Waals surface area contributed by atoms with Crippen LogP contribution in [0.2, 0.25) is 0 Å². The Morgan fingerprint density at radius 3 is 2.32 bits per heavy atom. The molecule has 2 N–H and O–H groups in total. The third kappa shape index (κ3) is 4.76. The highest BCUT2D eigenvalue weighted by Gasteiger charge is 2.14. The summed E-state index contributed by atoms with van der Waals surface area (Å²) in [4.78, 5) is 24.3. The van der Waals surface area contributed by atoms with E-state index >= 15 is 0 Å². The van der Waals surface area contributed by atoms with Crippen molar-refractivity contribution in [2.45, 2.75) is 13.3 Å². The van der Waals surface area contributed by atoms with Gasteiger partial charge in [-0.2, -0.15) is 0 Å². The maximum absolute atomic E-state index is 13.0. The molecule has 2 amide bonds. The van der Waals surface area contributed by atoms with Gasteiger partial charge in [0, 0.05) is 18.2 Å². The second-order valence-electron chi connectivity index (χ2n) is 6.37. The SMILES string of the molecule is COc1ccc(NC(C)=O)cc1NC(=O)c1ccccc1Cc1ccccc1. The number of rotatable bonds is 6. The molecular formula is C23H22N2O3. The van der Waals surface area contributed by atoms with E-state index in [4.69, 9.17) is 4.74 Å². The summed E-state index contributed by atoms with van der Waals surface area (Å²) in [6.07, 6.45) is 0.660. The molecule has 0 bridgehead atoms. The third-order valence-electron chi connectivity index (χ3n) is 4.27. The first kappa shape index (κ1) is 19.2. The molecule has 0 aliphatic rings. The van der Waals surface area contributed by atoms with Crippen LogP contribution in [0, 0.1) is 0 Å². The molecule has 0 aliphatic carbocycles. The van der Waals surface area contributed by atoms with Gasteiger partial charge in [-0.15, -0.1) is 0 Å². The molecule has 3 rings (SSSR count). The molecule has 0 radical (unpaired) electrons. The zero-order valence-corrected chi connectivity index (χ0v) is 15.9. The number of nitrogens with one attached hydrogen (secondary N) is 2. The van der Waals surface area contributed by atoms with Gasteiger partial charge in [-0.3, -0.25) is 9.59 Å². The van der Waals surface area contributed by atoms with E-state index in [9.17, 15) is 9.59 Å². The number of carbonyl (C=O) groups is 2. The molecule has 3 aromatic carbocycles. The van der Waals surface area contributed by atoms with Crippen molar-refractivity contribution in [3.8, 4) is 5.75 Å². The Bertz CT molecular complexity index is 984. The summed E-state index contributed by atoms with van der Waals surface area (Å²) in [5, 5.41) is 5.61. The second-order valence-corrected chi connectivity index (χ2v) is 6.37. The van der Waals surface area contributed by atoms with Crippen LogP contribution < -0.4 is 15.4 Å². The molecule has 3 aromatic rings. The van der Waals surface area contributed by atoms with E-state index in [2.05, 4.69) is 10.6 Å². The van der Waals surface area contributed by atoms with Crippen molar-refractivity contribution >= 4 is 23.2 Å². The number of amides is 2. The molecule has 0 unspecified atom stereocenters. The van der Waals surface area contributed by atoms with Gasteiger partial charge in [0.25, 0.3) is 5.91 Å². The van der Waals surface area contributed by atoms with Crippen LogP contribution in [-0.2, 0) is 11.2 Å². The standard InChI is InChI=1S/C23H22N2O3/c1-16(26)24-19-12-13-22(28-2)21(15-19)25-23(27)20-11-7-6-10-18(20)14-17-8-4-3-5-9-17/h3-13,15H,14H2,1-2H3,(H,24,26)(H,25,27). The lowest BCUT2D eigenvalue weighted by molar-refractivity contribution is -0.114. The largest absolute Gasteiger partial charge is 0.495 e. The maximum Gasteiger partial charge on any atom is 0.256 e. The zero-order valence-electron chi connectivity index (χ0n) is 15.9. The van der Waals surface area contributed by atoms with Crippen LogP contribution in [0.4, 0.5) is 11.4 Å². The summed E-state index contributed by atoms with van der Waals surface area (Å²) in [6, 6.07) is 22.6. The molecule has 0 atom stereocenters. The van der Waals surface area contributed by atoms with E-state index < -0.39 is 0 Å². The van der Waals surface area contributed by atoms with Gasteiger partial charge in [0.05, 0.1) is 12.8 Å². The molecule has 0 fully saturated rings. The fourth-order valence-corrected chi connectivity index (χ4v) is 2.99. The van der Waals surface area contributed by atoms with E-state index in [0.29, 0.717) is 29.1 Å². The number of methoxy groups -OCH3 is 1. The molecule has 0 heterocycles. The molecule has 5 heteroatoms. The van der Waals surface area contributed by atoms with Gasteiger partial charge in [-0.1, -0.05) is 48.5 Å². The van der Waals surface area contributed by atoms with Crippen molar-refractivity contribution in [3.63, 3.8) is 0 Å². The first-order valence-corrected chi connectivity index (χ1v) is 8.95. The maximum atomic E-state index is 13.0. The highest BCUT2D eigenvalue weighted by atomic mass is 16.5. The highest BCUT2D eigenvalue weighted by molar-refractivity contribution is 6.06. The Morgan fingerprint density at radius 2 is 1.61 bits per heavy atom. The van der Waals surface area contributed by atoms with E-state index in [1.807, 2.05) is 48.5 Å². The fraction of sp³-hybridized carbons (Fsp3) is 0.130. The quantitative estimate of drug-likeness (QED) is 0.668. The summed E-state index contributed by atoms with van der Waals surface area (Å²) in [5.41, 5.74) is 3.74. The first-order chi connectivity index (χ1) is 13.6. The smallest absolute Gasteiger partial charge is 0.256 e. The van der Waals surface area contributed by atoms with Crippen LogP contribution >= 0.6 is 0 Å². The minimum absolute atomic E-state index is 0.185. The average molecular weight is 374 g/mol. The van der Waals surface area contributed by atoms with Crippen LogP contribution in [-0.4, -0.2) is 18.9 Å². The highest BCUT2D eigenvalue weighted by Crippen LogP contribution is 2.29. The average Bonchev–Trinajstić information content (AvgIpc) is 2.69. The molecule has 0 aliphatic heterocycles. The van der Waals surface area contributed by atoms with Gasteiger partial charge in [0.15, 0.2) is 0 Å². The van der Waals surface area contributed by atoms with Crippen molar-refractivity contribution in [1.29, 1.82) is 0 Å². The molecule has 0 aromatic heterocycles. The lowest BCUT2D eigenvalue weighted by Gasteiger charge is -2.14. The number of benzene rings is 3. The van der Waals surface area contributed by atoms with Gasteiger partial charge in [-0.05, 0) is 41.8 Å². The minimum Gasteiger partial charge on any atom is -0.495 e. The van der Waals surface area contributed by atoms with E-state index in [1.165, 1.54) is 14.0 Å². The fourth-order valence-electron chi connectivity index (χ4n) is 2.99. The molecular weight excluding hydrogens is 352 g/mol. The molecule has 0 spiro atoms. The van der Waals surface area contributed by atoms with Crippen LogP contribution in [0.25, 0.3) is 0 Å². The van der Waals surface area contributed by atoms with Crippen LogP contribution in [0.3, 0.4) is 0 Å². The molecule has 5 nitrogen and oxygen atoms in total. The van der Waals surface area contributed by atoms with E-state index in [0.717, 1.165) is 11.1 Å². The van der Waals surface area contributed by atoms with Crippen LogP contribution in [0.15, 0.2) is 72.8 Å². The first-order valence-electron chi connectivity index (χ1n) is 8.95. The lowest BCUT2D eigenvalue weighted by atomic mass is 9.99. The van der Waals surface area contributed by atoms with Crippen LogP contribution in [0.5, 0.6) is 5.75 Å². The van der Waals surface area contributed by atoms with Crippen LogP contribution in [0.1, 0.15) is 28.4 Å². The molecule has 142 valence electrons. The van der Waals surface area contributed by atoms with Crippen molar-refractivity contribution in [2.75, 3.05) is 17.7 Å². The van der Waals surface area contributed by atoms with Crippen molar-refractivity contribution in [3.05, 3.63) is 89.5 Å². The number of anilines is 2. The van der Waals surface area contributed by atoms with Gasteiger partial charge in [-0.25, -0.2) is 0 Å². The summed E-state index contributed by atoms with van der Waals surface area (Å²) < 4.78 is 5.34. The summed E-state index contributed by atoms with van der Waals surface area (Å²) in [6.45, 7) is 1.43. The number of hydrogen-bond acceptors (Lipinski definition) is 3. The number of hydrogen-bond donors (Lipinski definition) is 2. The summed E-state index contributed by atoms with van der Waals surface area (Å²) in [7, 11) is 1.53. The second kappa shape index (κ2) is 8.86. The zero-order chi connectivity index (χ0) is 19.9. The normalized spacial score (nSPS) is 10.2. The lowest BCUT2D eigenvalue weighted by Crippen LogP contribution is -2.15. The van der Waals surface area contributed by atoms with Gasteiger partial charge >= 0.3 is 0 Å². The van der Waals surface area contributed by atoms with Gasteiger partial charge in [0.2, 0.25) is 5.91 Å². The van der Waals surface area contributed by atoms with Gasteiger partial charge < -0.3 is 15.4 Å². The molecule has 0 saturated carbocycles.